The maximum atomic E-state index is 14.0. The number of hydrogen-bond donors (Lipinski definition) is 3. The molecule has 4 rings (SSSR count). The molecule has 2 aromatic heterocycles. The Kier molecular flexibility index (Phi) is 11.8. The molecule has 0 saturated heterocycles. The Morgan fingerprint density at radius 3 is 1.42 bits per heavy atom. The van der Waals surface area contributed by atoms with E-state index in [0.717, 1.165) is 34.1 Å². The molecular weight excluding hydrogens is 686 g/mol. The van der Waals surface area contributed by atoms with E-state index in [1.165, 1.54) is 38.9 Å². The van der Waals surface area contributed by atoms with Gasteiger partial charge < -0.3 is 15.1 Å². The zero-order valence-corrected chi connectivity index (χ0v) is 27.8. The fourth-order valence-corrected chi connectivity index (χ4v) is 5.60. The third-order valence-corrected chi connectivity index (χ3v) is 8.17. The van der Waals surface area contributed by atoms with Gasteiger partial charge in [0.15, 0.2) is 0 Å². The number of rotatable bonds is 12. The molecule has 2 atom stereocenters. The molecule has 50 heavy (non-hydrogen) atoms. The number of likely N-dealkylation sites (N-methyl/N-ethyl adjacent to an activating group) is 2. The number of nitrogens with zero attached hydrogens (tertiary/aromatic N) is 6. The zero-order chi connectivity index (χ0) is 36.7. The third kappa shape index (κ3) is 10.2. The molecular formula is C31H31F4N9O5S. The number of benzene rings is 2. The van der Waals surface area contributed by atoms with Crippen LogP contribution in [0.3, 0.4) is 0 Å². The number of nitrogens with one attached hydrogen (secondary N) is 3. The summed E-state index contributed by atoms with van der Waals surface area (Å²) in [6.45, 7) is 3.21. The molecule has 0 saturated carbocycles. The number of aromatic nitrogens is 4. The van der Waals surface area contributed by atoms with Crippen molar-refractivity contribution in [3.05, 3.63) is 107 Å². The normalized spacial score (nSPS) is 12.5. The first-order chi connectivity index (χ1) is 23.5. The fraction of sp³-hybridized carbons (Fsp3) is 0.258. The number of halogens is 4. The van der Waals surface area contributed by atoms with Crippen molar-refractivity contribution in [2.24, 2.45) is 0 Å². The van der Waals surface area contributed by atoms with E-state index >= 15 is 0 Å². The van der Waals surface area contributed by atoms with Crippen LogP contribution in [-0.2, 0) is 32.6 Å². The van der Waals surface area contributed by atoms with E-state index in [1.54, 1.807) is 18.6 Å². The van der Waals surface area contributed by atoms with Crippen molar-refractivity contribution in [2.45, 2.75) is 38.8 Å². The molecule has 0 aliphatic carbocycles. The molecule has 14 nitrogen and oxygen atoms in total. The SMILES string of the molecule is Cc1ncc(N(C)C(=O)C(Cc2cc(F)cc(F)c2)NC(=O)NS(=O)(=O)N[C@@H](Cc2cc(F)cc(F)c2)C(=O)N(C)c2cnc(C)nc2)cn1. The highest BCUT2D eigenvalue weighted by molar-refractivity contribution is 7.88. The summed E-state index contributed by atoms with van der Waals surface area (Å²) in [4.78, 5) is 58.2. The Bertz CT molecular complexity index is 1950. The topological polar surface area (TPSA) is 179 Å². The highest BCUT2D eigenvalue weighted by Crippen LogP contribution is 2.17. The van der Waals surface area contributed by atoms with Crippen LogP contribution in [0.1, 0.15) is 22.8 Å². The summed E-state index contributed by atoms with van der Waals surface area (Å²) < 4.78 is 86.0. The smallest absolute Gasteiger partial charge is 0.325 e. The molecule has 3 N–H and O–H groups in total. The highest BCUT2D eigenvalue weighted by Gasteiger charge is 2.32. The van der Waals surface area contributed by atoms with Gasteiger partial charge in [0.1, 0.15) is 47.0 Å². The number of hydrogen-bond acceptors (Lipinski definition) is 9. The summed E-state index contributed by atoms with van der Waals surface area (Å²) in [5, 5.41) is 2.19. The van der Waals surface area contributed by atoms with E-state index in [9.17, 15) is 40.4 Å². The first-order valence-corrected chi connectivity index (χ1v) is 16.1. The van der Waals surface area contributed by atoms with Crippen LogP contribution in [-0.4, -0.2) is 72.4 Å². The average Bonchev–Trinajstić information content (AvgIpc) is 3.02. The maximum absolute atomic E-state index is 14.0. The van der Waals surface area contributed by atoms with Crippen LogP contribution in [0.4, 0.5) is 33.7 Å². The summed E-state index contributed by atoms with van der Waals surface area (Å²) in [5.74, 6) is -4.87. The van der Waals surface area contributed by atoms with Gasteiger partial charge in [-0.2, -0.15) is 13.1 Å². The van der Waals surface area contributed by atoms with E-state index in [0.29, 0.717) is 23.8 Å². The lowest BCUT2D eigenvalue weighted by Gasteiger charge is -2.26. The number of carbonyl (C=O) groups is 3. The first-order valence-electron chi connectivity index (χ1n) is 14.6. The quantitative estimate of drug-likeness (QED) is 0.186. The van der Waals surface area contributed by atoms with E-state index in [2.05, 4.69) is 25.3 Å². The van der Waals surface area contributed by atoms with Gasteiger partial charge in [-0.25, -0.2) is 47.0 Å². The van der Waals surface area contributed by atoms with Crippen LogP contribution in [0.15, 0.2) is 61.2 Å². The molecule has 2 heterocycles. The Labute approximate surface area is 284 Å². The van der Waals surface area contributed by atoms with Crippen molar-refractivity contribution in [3.8, 4) is 0 Å². The average molecular weight is 718 g/mol. The van der Waals surface area contributed by atoms with E-state index in [4.69, 9.17) is 0 Å². The van der Waals surface area contributed by atoms with Gasteiger partial charge in [0.2, 0.25) is 11.8 Å². The minimum Gasteiger partial charge on any atom is -0.325 e. The molecule has 1 unspecified atom stereocenters. The fourth-order valence-electron chi connectivity index (χ4n) is 4.67. The molecule has 0 aliphatic rings. The van der Waals surface area contributed by atoms with Crippen molar-refractivity contribution >= 4 is 39.4 Å². The molecule has 0 spiro atoms. The lowest BCUT2D eigenvalue weighted by atomic mass is 10.0. The largest absolute Gasteiger partial charge is 0.330 e. The van der Waals surface area contributed by atoms with Crippen molar-refractivity contribution in [1.82, 2.24) is 34.7 Å². The van der Waals surface area contributed by atoms with E-state index < -0.39 is 76.2 Å². The molecule has 0 bridgehead atoms. The number of aryl methyl sites for hydroxylation is 2. The summed E-state index contributed by atoms with van der Waals surface area (Å²) in [6.07, 6.45) is 4.16. The summed E-state index contributed by atoms with van der Waals surface area (Å²) in [7, 11) is -2.37. The van der Waals surface area contributed by atoms with Gasteiger partial charge in [0.05, 0.1) is 36.2 Å². The van der Waals surface area contributed by atoms with Gasteiger partial charge in [-0.3, -0.25) is 9.59 Å². The van der Waals surface area contributed by atoms with Crippen LogP contribution >= 0.6 is 0 Å². The Hall–Kier alpha value is -5.56. The summed E-state index contributed by atoms with van der Waals surface area (Å²) in [6, 6.07) is 0.0331. The van der Waals surface area contributed by atoms with Gasteiger partial charge in [0, 0.05) is 32.6 Å². The maximum Gasteiger partial charge on any atom is 0.330 e. The number of anilines is 2. The second kappa shape index (κ2) is 15.8. The second-order valence-electron chi connectivity index (χ2n) is 11.0. The van der Waals surface area contributed by atoms with Gasteiger partial charge >= 0.3 is 16.2 Å². The monoisotopic (exact) mass is 717 g/mol. The molecule has 0 fully saturated rings. The minimum absolute atomic E-state index is 0.0493. The Morgan fingerprint density at radius 1 is 0.660 bits per heavy atom. The number of amides is 4. The predicted octanol–water partition coefficient (Wildman–Crippen LogP) is 2.42. The molecule has 0 aliphatic heterocycles. The molecule has 19 heteroatoms. The molecule has 2 aromatic carbocycles. The van der Waals surface area contributed by atoms with Crippen LogP contribution < -0.4 is 24.6 Å². The van der Waals surface area contributed by atoms with Gasteiger partial charge in [-0.15, -0.1) is 0 Å². The highest BCUT2D eigenvalue weighted by atomic mass is 32.2. The number of carbonyl (C=O) groups excluding carboxylic acids is 3. The van der Waals surface area contributed by atoms with Crippen molar-refractivity contribution in [3.63, 3.8) is 0 Å². The summed E-state index contributed by atoms with van der Waals surface area (Å²) in [5.41, 5.74) is 0.189. The predicted molar refractivity (Wildman–Crippen MR) is 172 cm³/mol. The Morgan fingerprint density at radius 2 is 1.02 bits per heavy atom. The van der Waals surface area contributed by atoms with Crippen LogP contribution in [0.2, 0.25) is 0 Å². The lowest BCUT2D eigenvalue weighted by Crippen LogP contribution is -2.57. The standard InChI is InChI=1S/C31H31F4N9O5S/c1-17-36-13-25(14-37-17)43(3)29(45)27(9-19-5-21(32)11-22(33)6-19)40-31(47)42-50(48,49)41-28(10-20-7-23(34)12-24(35)8-20)30(46)44(4)26-15-38-18(2)39-16-26/h5-8,11-16,27-28,41H,9-10H2,1-4H3,(H2,40,42,47)/t27?,28-/m0/s1. The van der Waals surface area contributed by atoms with E-state index in [1.807, 2.05) is 4.72 Å². The van der Waals surface area contributed by atoms with Gasteiger partial charge in [-0.1, -0.05) is 0 Å². The summed E-state index contributed by atoms with van der Waals surface area (Å²) >= 11 is 0. The molecule has 264 valence electrons. The second-order valence-corrected chi connectivity index (χ2v) is 12.5. The van der Waals surface area contributed by atoms with Gasteiger partial charge in [-0.05, 0) is 55.7 Å². The lowest BCUT2D eigenvalue weighted by molar-refractivity contribution is -0.120. The van der Waals surface area contributed by atoms with Crippen molar-refractivity contribution in [2.75, 3.05) is 23.9 Å². The van der Waals surface area contributed by atoms with E-state index in [-0.39, 0.29) is 22.5 Å². The molecule has 4 aromatic rings. The first kappa shape index (κ1) is 37.3. The van der Waals surface area contributed by atoms with Crippen molar-refractivity contribution in [1.29, 1.82) is 0 Å². The van der Waals surface area contributed by atoms with Crippen LogP contribution in [0.5, 0.6) is 0 Å². The zero-order valence-electron chi connectivity index (χ0n) is 27.0. The molecule has 4 amide bonds. The van der Waals surface area contributed by atoms with Crippen molar-refractivity contribution < 1.29 is 40.4 Å². The minimum atomic E-state index is -4.97. The number of urea groups is 1. The Balaban J connectivity index is 1.58. The molecule has 0 radical (unpaired) electrons. The van der Waals surface area contributed by atoms with Crippen LogP contribution in [0.25, 0.3) is 0 Å². The van der Waals surface area contributed by atoms with Crippen LogP contribution in [0, 0.1) is 37.1 Å². The third-order valence-electron chi connectivity index (χ3n) is 7.12. The van der Waals surface area contributed by atoms with Gasteiger partial charge in [0.25, 0.3) is 0 Å².